The van der Waals surface area contributed by atoms with Crippen molar-refractivity contribution < 1.29 is 22.0 Å². The lowest BCUT2D eigenvalue weighted by Crippen LogP contribution is -2.52. The van der Waals surface area contributed by atoms with Gasteiger partial charge in [0.15, 0.2) is 0 Å². The van der Waals surface area contributed by atoms with Crippen LogP contribution in [0.2, 0.25) is 0 Å². The molecule has 2 N–H and O–H groups in total. The minimum atomic E-state index is -4.61. The first-order valence-corrected chi connectivity index (χ1v) is 9.44. The smallest absolute Gasteiger partial charge is 0.338 e. The quantitative estimate of drug-likeness (QED) is 0.870. The SMILES string of the molecule is CC(N)C1CCCCN1C(=O)Cc1ccc(S(=O)(=O)C(F)F)cc1. The summed E-state index contributed by atoms with van der Waals surface area (Å²) >= 11 is 0. The van der Waals surface area contributed by atoms with E-state index in [1.807, 2.05) is 6.92 Å². The van der Waals surface area contributed by atoms with E-state index in [9.17, 15) is 22.0 Å². The molecule has 5 nitrogen and oxygen atoms in total. The van der Waals surface area contributed by atoms with E-state index in [0.29, 0.717) is 12.1 Å². The molecule has 1 aliphatic rings. The zero-order valence-electron chi connectivity index (χ0n) is 13.5. The van der Waals surface area contributed by atoms with Gasteiger partial charge in [0.05, 0.1) is 11.3 Å². The fraction of sp³-hybridized carbons (Fsp3) is 0.562. The average molecular weight is 360 g/mol. The molecular formula is C16H22F2N2O3S. The Bertz CT molecular complexity index is 675. The summed E-state index contributed by atoms with van der Waals surface area (Å²) in [5.41, 5.74) is 6.54. The maximum absolute atomic E-state index is 12.5. The number of amides is 1. The van der Waals surface area contributed by atoms with Gasteiger partial charge in [-0.3, -0.25) is 4.79 Å². The standard InChI is InChI=1S/C16H22F2N2O3S/c1-11(19)14-4-2-3-9-20(14)15(21)10-12-5-7-13(8-6-12)24(22,23)16(17)18/h5-8,11,14,16H,2-4,9-10,19H2,1H3. The van der Waals surface area contributed by atoms with Crippen molar-refractivity contribution in [2.24, 2.45) is 5.73 Å². The third kappa shape index (κ3) is 4.10. The predicted molar refractivity (Wildman–Crippen MR) is 86.3 cm³/mol. The van der Waals surface area contributed by atoms with Crippen LogP contribution in [0.3, 0.4) is 0 Å². The number of sulfone groups is 1. The Balaban J connectivity index is 2.09. The van der Waals surface area contributed by atoms with Crippen LogP contribution in [0.15, 0.2) is 29.2 Å². The number of carbonyl (C=O) groups excluding carboxylic acids is 1. The normalized spacial score (nSPS) is 20.2. The molecule has 2 atom stereocenters. The minimum Gasteiger partial charge on any atom is -0.338 e. The molecule has 24 heavy (non-hydrogen) atoms. The molecule has 1 amide bonds. The van der Waals surface area contributed by atoms with Gasteiger partial charge in [-0.1, -0.05) is 12.1 Å². The molecular weight excluding hydrogens is 338 g/mol. The van der Waals surface area contributed by atoms with Crippen LogP contribution in [0.1, 0.15) is 31.7 Å². The van der Waals surface area contributed by atoms with E-state index in [1.54, 1.807) is 4.90 Å². The van der Waals surface area contributed by atoms with E-state index in [0.717, 1.165) is 31.4 Å². The molecule has 1 aliphatic heterocycles. The second kappa shape index (κ2) is 7.57. The summed E-state index contributed by atoms with van der Waals surface area (Å²) in [7, 11) is -4.61. The van der Waals surface area contributed by atoms with Gasteiger partial charge in [0.25, 0.3) is 0 Å². The van der Waals surface area contributed by atoms with Crippen LogP contribution in [0, 0.1) is 0 Å². The van der Waals surface area contributed by atoms with Gasteiger partial charge in [-0.05, 0) is 43.9 Å². The number of rotatable bonds is 5. The molecule has 8 heteroatoms. The number of alkyl halides is 2. The lowest BCUT2D eigenvalue weighted by atomic mass is 9.96. The largest absolute Gasteiger partial charge is 0.341 e. The first kappa shape index (κ1) is 18.8. The topological polar surface area (TPSA) is 80.5 Å². The van der Waals surface area contributed by atoms with Crippen LogP contribution in [-0.2, 0) is 21.1 Å². The number of carbonyl (C=O) groups is 1. The maximum Gasteiger partial charge on any atom is 0.341 e. The van der Waals surface area contributed by atoms with Crippen LogP contribution in [0.4, 0.5) is 8.78 Å². The zero-order chi connectivity index (χ0) is 17.9. The molecule has 1 aromatic rings. The number of hydrogen-bond acceptors (Lipinski definition) is 4. The summed E-state index contributed by atoms with van der Waals surface area (Å²) in [5.74, 6) is -3.54. The Morgan fingerprint density at radius 2 is 1.92 bits per heavy atom. The molecule has 134 valence electrons. The third-order valence-corrected chi connectivity index (χ3v) is 5.72. The second-order valence-electron chi connectivity index (χ2n) is 6.14. The number of nitrogens with zero attached hydrogens (tertiary/aromatic N) is 1. The molecule has 2 unspecified atom stereocenters. The number of hydrogen-bond donors (Lipinski definition) is 1. The molecule has 0 spiro atoms. The lowest BCUT2D eigenvalue weighted by Gasteiger charge is -2.38. The van der Waals surface area contributed by atoms with Crippen LogP contribution in [-0.4, -0.2) is 43.6 Å². The van der Waals surface area contributed by atoms with Crippen molar-refractivity contribution in [3.63, 3.8) is 0 Å². The van der Waals surface area contributed by atoms with Gasteiger partial charge in [0.2, 0.25) is 15.7 Å². The van der Waals surface area contributed by atoms with Gasteiger partial charge < -0.3 is 10.6 Å². The van der Waals surface area contributed by atoms with E-state index in [2.05, 4.69) is 0 Å². The predicted octanol–water partition coefficient (Wildman–Crippen LogP) is 1.95. The molecule has 1 fully saturated rings. The Hall–Kier alpha value is -1.54. The van der Waals surface area contributed by atoms with E-state index in [4.69, 9.17) is 5.73 Å². The molecule has 2 rings (SSSR count). The molecule has 0 aromatic heterocycles. The molecule has 1 aromatic carbocycles. The van der Waals surface area contributed by atoms with Crippen LogP contribution >= 0.6 is 0 Å². The Morgan fingerprint density at radius 3 is 2.46 bits per heavy atom. The van der Waals surface area contributed by atoms with Gasteiger partial charge >= 0.3 is 5.76 Å². The number of nitrogens with two attached hydrogens (primary N) is 1. The molecule has 0 bridgehead atoms. The van der Waals surface area contributed by atoms with Gasteiger partial charge in [0, 0.05) is 18.6 Å². The van der Waals surface area contributed by atoms with Crippen molar-refractivity contribution in [1.29, 1.82) is 0 Å². The summed E-state index contributed by atoms with van der Waals surface area (Å²) in [6, 6.07) is 4.92. The fourth-order valence-electron chi connectivity index (χ4n) is 2.99. The van der Waals surface area contributed by atoms with E-state index in [-0.39, 0.29) is 24.4 Å². The van der Waals surface area contributed by atoms with E-state index < -0.39 is 20.5 Å². The molecule has 1 saturated heterocycles. The zero-order valence-corrected chi connectivity index (χ0v) is 14.3. The van der Waals surface area contributed by atoms with Crippen LogP contribution in [0.25, 0.3) is 0 Å². The van der Waals surface area contributed by atoms with Crippen molar-refractivity contribution in [3.05, 3.63) is 29.8 Å². The van der Waals surface area contributed by atoms with Crippen molar-refractivity contribution in [2.45, 2.75) is 55.3 Å². The molecule has 0 saturated carbocycles. The average Bonchev–Trinajstić information content (AvgIpc) is 2.55. The minimum absolute atomic E-state index is 0.00438. The van der Waals surface area contributed by atoms with Crippen molar-refractivity contribution in [1.82, 2.24) is 4.90 Å². The first-order chi connectivity index (χ1) is 11.2. The highest BCUT2D eigenvalue weighted by Crippen LogP contribution is 2.22. The number of likely N-dealkylation sites (tertiary alicyclic amines) is 1. The maximum atomic E-state index is 12.5. The Kier molecular flexibility index (Phi) is 5.92. The van der Waals surface area contributed by atoms with Gasteiger partial charge in [-0.25, -0.2) is 8.42 Å². The fourth-order valence-corrected chi connectivity index (χ4v) is 3.71. The summed E-state index contributed by atoms with van der Waals surface area (Å²) in [5, 5.41) is 0. The van der Waals surface area contributed by atoms with Gasteiger partial charge in [-0.15, -0.1) is 0 Å². The Labute approximate surface area is 140 Å². The molecule has 0 aliphatic carbocycles. The van der Waals surface area contributed by atoms with Crippen LogP contribution < -0.4 is 5.73 Å². The molecule has 0 radical (unpaired) electrons. The van der Waals surface area contributed by atoms with Crippen molar-refractivity contribution in [2.75, 3.05) is 6.54 Å². The van der Waals surface area contributed by atoms with Gasteiger partial charge in [-0.2, -0.15) is 8.78 Å². The summed E-state index contributed by atoms with van der Waals surface area (Å²) in [6.45, 7) is 2.53. The second-order valence-corrected chi connectivity index (χ2v) is 8.05. The monoisotopic (exact) mass is 360 g/mol. The Morgan fingerprint density at radius 1 is 1.29 bits per heavy atom. The van der Waals surface area contributed by atoms with Crippen LogP contribution in [0.5, 0.6) is 0 Å². The summed E-state index contributed by atoms with van der Waals surface area (Å²) < 4.78 is 47.8. The highest BCUT2D eigenvalue weighted by Gasteiger charge is 2.29. The van der Waals surface area contributed by atoms with E-state index in [1.165, 1.54) is 12.1 Å². The van der Waals surface area contributed by atoms with E-state index >= 15 is 0 Å². The highest BCUT2D eigenvalue weighted by molar-refractivity contribution is 7.91. The number of halogens is 2. The summed E-state index contributed by atoms with van der Waals surface area (Å²) in [4.78, 5) is 13.8. The molecule has 1 heterocycles. The number of benzene rings is 1. The summed E-state index contributed by atoms with van der Waals surface area (Å²) in [6.07, 6.45) is 2.93. The van der Waals surface area contributed by atoms with Crippen molar-refractivity contribution in [3.8, 4) is 0 Å². The third-order valence-electron chi connectivity index (χ3n) is 4.32. The van der Waals surface area contributed by atoms with Crippen molar-refractivity contribution >= 4 is 15.7 Å². The van der Waals surface area contributed by atoms with Gasteiger partial charge in [0.1, 0.15) is 0 Å². The first-order valence-electron chi connectivity index (χ1n) is 7.89. The number of piperidine rings is 1. The lowest BCUT2D eigenvalue weighted by molar-refractivity contribution is -0.134. The highest BCUT2D eigenvalue weighted by atomic mass is 32.2.